The Balaban J connectivity index is 4.53. The smallest absolute Gasteiger partial charge is 0.370 e. The van der Waals surface area contributed by atoms with Gasteiger partial charge in [-0.25, -0.2) is 4.79 Å². The van der Waals surface area contributed by atoms with Gasteiger partial charge in [-0.3, -0.25) is 4.57 Å². The van der Waals surface area contributed by atoms with E-state index < -0.39 is 19.4 Å². The van der Waals surface area contributed by atoms with E-state index in [4.69, 9.17) is 13.8 Å². The topological polar surface area (TPSA) is 61.8 Å². The molecule has 0 N–H and O–H groups in total. The Bertz CT molecular complexity index is 253. The lowest BCUT2D eigenvalue weighted by Crippen LogP contribution is -2.16. The summed E-state index contributed by atoms with van der Waals surface area (Å²) >= 11 is 0. The first-order valence-corrected chi connectivity index (χ1v) is 6.33. The first-order valence-electron chi connectivity index (χ1n) is 4.72. The lowest BCUT2D eigenvalue weighted by molar-refractivity contribution is -0.139. The number of hydrogen-bond donors (Lipinski definition) is 0. The van der Waals surface area contributed by atoms with Crippen LogP contribution < -0.4 is 0 Å². The molecule has 0 spiro atoms. The van der Waals surface area contributed by atoms with E-state index in [1.807, 2.05) is 0 Å². The quantitative estimate of drug-likeness (QED) is 0.385. The third kappa shape index (κ3) is 4.60. The lowest BCUT2D eigenvalue weighted by Gasteiger charge is -2.22. The molecule has 0 aliphatic rings. The van der Waals surface area contributed by atoms with Crippen LogP contribution in [0.5, 0.6) is 0 Å². The maximum atomic E-state index is 12.0. The summed E-state index contributed by atoms with van der Waals surface area (Å²) in [6, 6.07) is 0. The van der Waals surface area contributed by atoms with Crippen LogP contribution in [0.4, 0.5) is 0 Å². The highest BCUT2D eigenvalue weighted by Crippen LogP contribution is 2.53. The summed E-state index contributed by atoms with van der Waals surface area (Å²) in [4.78, 5) is 10.9. The van der Waals surface area contributed by atoms with E-state index in [9.17, 15) is 9.36 Å². The second kappa shape index (κ2) is 6.77. The van der Waals surface area contributed by atoms with Crippen LogP contribution in [-0.4, -0.2) is 25.0 Å². The van der Waals surface area contributed by atoms with Crippen LogP contribution in [0.2, 0.25) is 0 Å². The molecule has 6 heteroatoms. The van der Waals surface area contributed by atoms with Gasteiger partial charge in [-0.05, 0) is 20.8 Å². The molecule has 15 heavy (non-hydrogen) atoms. The molecule has 0 aromatic rings. The molecule has 5 nitrogen and oxygen atoms in total. The van der Waals surface area contributed by atoms with Gasteiger partial charge >= 0.3 is 13.6 Å². The second-order valence-corrected chi connectivity index (χ2v) is 4.94. The Morgan fingerprint density at radius 3 is 2.20 bits per heavy atom. The van der Waals surface area contributed by atoms with E-state index in [1.165, 1.54) is 6.92 Å². The second-order valence-electron chi connectivity index (χ2n) is 2.62. The molecule has 88 valence electrons. The average Bonchev–Trinajstić information content (AvgIpc) is 2.18. The number of carbonyl (C=O) groups is 1. The third-order valence-electron chi connectivity index (χ3n) is 1.52. The molecular formula is C9H17O5P. The van der Waals surface area contributed by atoms with Gasteiger partial charge in [0.05, 0.1) is 13.2 Å². The molecule has 0 fully saturated rings. The lowest BCUT2D eigenvalue weighted by atomic mass is 10.6. The molecule has 0 aromatic heterocycles. The SMILES string of the molecule is C=CC(=O)OC(C)P(=O)(OCC)OCC. The minimum absolute atomic E-state index is 0.229. The van der Waals surface area contributed by atoms with Crippen molar-refractivity contribution in [2.75, 3.05) is 13.2 Å². The van der Waals surface area contributed by atoms with Crippen molar-refractivity contribution < 1.29 is 23.1 Å². The zero-order chi connectivity index (χ0) is 11.9. The van der Waals surface area contributed by atoms with Crippen molar-refractivity contribution >= 4 is 13.6 Å². The fourth-order valence-electron chi connectivity index (χ4n) is 0.888. The molecule has 0 aromatic carbocycles. The van der Waals surface area contributed by atoms with Gasteiger partial charge in [0.2, 0.25) is 0 Å². The molecule has 0 radical (unpaired) electrons. The molecule has 0 saturated carbocycles. The zero-order valence-corrected chi connectivity index (χ0v) is 10.2. The van der Waals surface area contributed by atoms with Gasteiger partial charge in [0.1, 0.15) is 0 Å². The zero-order valence-electron chi connectivity index (χ0n) is 9.26. The van der Waals surface area contributed by atoms with E-state index in [2.05, 4.69) is 6.58 Å². The van der Waals surface area contributed by atoms with Crippen LogP contribution in [-0.2, 0) is 23.1 Å². The van der Waals surface area contributed by atoms with Crippen molar-refractivity contribution in [2.45, 2.75) is 26.6 Å². The normalized spacial score (nSPS) is 13.3. The van der Waals surface area contributed by atoms with Crippen molar-refractivity contribution in [2.24, 2.45) is 0 Å². The molecule has 0 heterocycles. The summed E-state index contributed by atoms with van der Waals surface area (Å²) in [7, 11) is -3.37. The Hall–Kier alpha value is -0.640. The largest absolute Gasteiger partial charge is 0.447 e. The fraction of sp³-hybridized carbons (Fsp3) is 0.667. The number of hydrogen-bond acceptors (Lipinski definition) is 5. The summed E-state index contributed by atoms with van der Waals surface area (Å²) in [5.74, 6) is -1.58. The van der Waals surface area contributed by atoms with Gasteiger partial charge in [0, 0.05) is 6.08 Å². The molecule has 0 amide bonds. The van der Waals surface area contributed by atoms with Gasteiger partial charge in [0.25, 0.3) is 0 Å². The molecule has 0 rings (SSSR count). The monoisotopic (exact) mass is 236 g/mol. The Labute approximate surface area is 89.9 Å². The van der Waals surface area contributed by atoms with Crippen LogP contribution in [0, 0.1) is 0 Å². The summed E-state index contributed by atoms with van der Waals surface area (Å²) in [5, 5.41) is 0. The first-order chi connectivity index (χ1) is 7.00. The Kier molecular flexibility index (Phi) is 6.48. The van der Waals surface area contributed by atoms with Gasteiger partial charge < -0.3 is 13.8 Å². The van der Waals surface area contributed by atoms with Crippen molar-refractivity contribution in [3.05, 3.63) is 12.7 Å². The van der Waals surface area contributed by atoms with Crippen molar-refractivity contribution in [1.82, 2.24) is 0 Å². The fourth-order valence-corrected chi connectivity index (χ4v) is 2.34. The third-order valence-corrected chi connectivity index (χ3v) is 3.75. The van der Waals surface area contributed by atoms with Crippen LogP contribution in [0.25, 0.3) is 0 Å². The highest BCUT2D eigenvalue weighted by molar-refractivity contribution is 7.54. The maximum Gasteiger partial charge on any atom is 0.370 e. The average molecular weight is 236 g/mol. The molecule has 0 bridgehead atoms. The number of esters is 1. The summed E-state index contributed by atoms with van der Waals surface area (Å²) in [5.41, 5.74) is 0. The standard InChI is InChI=1S/C9H17O5P/c1-5-9(10)14-8(4)15(11,12-6-2)13-7-3/h5,8H,1,6-7H2,2-4H3. The maximum absolute atomic E-state index is 12.0. The highest BCUT2D eigenvalue weighted by atomic mass is 31.2. The van der Waals surface area contributed by atoms with E-state index in [0.717, 1.165) is 6.08 Å². The first kappa shape index (κ1) is 14.4. The van der Waals surface area contributed by atoms with Crippen LogP contribution in [0.15, 0.2) is 12.7 Å². The van der Waals surface area contributed by atoms with Crippen LogP contribution >= 0.6 is 7.60 Å². The number of rotatable bonds is 7. The van der Waals surface area contributed by atoms with E-state index >= 15 is 0 Å². The van der Waals surface area contributed by atoms with Crippen LogP contribution in [0.3, 0.4) is 0 Å². The van der Waals surface area contributed by atoms with Crippen molar-refractivity contribution in [3.63, 3.8) is 0 Å². The molecule has 0 aliphatic heterocycles. The van der Waals surface area contributed by atoms with Gasteiger partial charge in [0.15, 0.2) is 5.85 Å². The van der Waals surface area contributed by atoms with Gasteiger partial charge in [-0.2, -0.15) is 0 Å². The number of carbonyl (C=O) groups excluding carboxylic acids is 1. The van der Waals surface area contributed by atoms with Gasteiger partial charge in [-0.15, -0.1) is 0 Å². The summed E-state index contributed by atoms with van der Waals surface area (Å²) in [6.07, 6.45) is 0.999. The molecule has 0 saturated heterocycles. The molecule has 1 atom stereocenters. The van der Waals surface area contributed by atoms with Crippen molar-refractivity contribution in [1.29, 1.82) is 0 Å². The minimum Gasteiger partial charge on any atom is -0.447 e. The Morgan fingerprint density at radius 2 is 1.87 bits per heavy atom. The van der Waals surface area contributed by atoms with Crippen LogP contribution in [0.1, 0.15) is 20.8 Å². The summed E-state index contributed by atoms with van der Waals surface area (Å²) < 4.78 is 26.8. The van der Waals surface area contributed by atoms with E-state index in [1.54, 1.807) is 13.8 Å². The highest BCUT2D eigenvalue weighted by Gasteiger charge is 2.34. The minimum atomic E-state index is -3.37. The number of ether oxygens (including phenoxy) is 1. The predicted molar refractivity (Wildman–Crippen MR) is 56.6 cm³/mol. The van der Waals surface area contributed by atoms with Crippen molar-refractivity contribution in [3.8, 4) is 0 Å². The molecular weight excluding hydrogens is 219 g/mol. The van der Waals surface area contributed by atoms with Gasteiger partial charge in [-0.1, -0.05) is 6.58 Å². The van der Waals surface area contributed by atoms with E-state index in [-0.39, 0.29) is 13.2 Å². The molecule has 0 aliphatic carbocycles. The van der Waals surface area contributed by atoms with E-state index in [0.29, 0.717) is 0 Å². The molecule has 1 unspecified atom stereocenters. The predicted octanol–water partition coefficient (Wildman–Crippen LogP) is 2.33. The summed E-state index contributed by atoms with van der Waals surface area (Å²) in [6.45, 7) is 8.54. The Morgan fingerprint density at radius 1 is 1.40 bits per heavy atom.